The molecule has 1 aromatic rings. The molecule has 0 saturated heterocycles. The first-order chi connectivity index (χ1) is 4.97. The molecule has 0 fully saturated rings. The van der Waals surface area contributed by atoms with E-state index in [2.05, 4.69) is 16.4 Å². The summed E-state index contributed by atoms with van der Waals surface area (Å²) in [5.74, 6) is 0. The van der Waals surface area contributed by atoms with E-state index < -0.39 is 12.7 Å². The molecule has 0 aliphatic carbocycles. The Bertz CT molecular complexity index is 239. The van der Waals surface area contributed by atoms with Gasteiger partial charge in [0.1, 0.15) is 6.20 Å². The Labute approximate surface area is 60.8 Å². The lowest BCUT2D eigenvalue weighted by Crippen LogP contribution is -2.19. The number of aromatic nitrogens is 3. The third kappa shape index (κ3) is 2.57. The van der Waals surface area contributed by atoms with Crippen molar-refractivity contribution in [1.29, 1.82) is 0 Å². The average Bonchev–Trinajstić information content (AvgIpc) is 2.10. The van der Waals surface area contributed by atoms with Crippen molar-refractivity contribution in [3.8, 4) is 0 Å². The van der Waals surface area contributed by atoms with E-state index >= 15 is 0 Å². The Morgan fingerprint density at radius 2 is 2.18 bits per heavy atom. The minimum Gasteiger partial charge on any atom is -0.175 e. The maximum Gasteiger partial charge on any atom is 0.409 e. The third-order valence-electron chi connectivity index (χ3n) is 0.913. The van der Waals surface area contributed by atoms with Crippen LogP contribution in [0.25, 0.3) is 0 Å². The summed E-state index contributed by atoms with van der Waals surface area (Å²) < 4.78 is 34.9. The second kappa shape index (κ2) is 2.52. The van der Waals surface area contributed by atoms with Crippen molar-refractivity contribution >= 4 is 0 Å². The zero-order chi connectivity index (χ0) is 8.48. The van der Waals surface area contributed by atoms with Gasteiger partial charge in [-0.2, -0.15) is 28.2 Å². The van der Waals surface area contributed by atoms with Crippen molar-refractivity contribution in [3.05, 3.63) is 11.9 Å². The van der Waals surface area contributed by atoms with Gasteiger partial charge in [0.2, 0.25) is 0 Å². The molecule has 0 unspecified atom stereocenters. The molecule has 0 aliphatic heterocycles. The van der Waals surface area contributed by atoms with Gasteiger partial charge in [0.25, 0.3) is 0 Å². The van der Waals surface area contributed by atoms with E-state index in [1.165, 1.54) is 6.92 Å². The smallest absolute Gasteiger partial charge is 0.175 e. The van der Waals surface area contributed by atoms with Crippen molar-refractivity contribution < 1.29 is 13.2 Å². The van der Waals surface area contributed by atoms with E-state index in [9.17, 15) is 13.2 Å². The number of alkyl halides is 3. The maximum atomic E-state index is 11.6. The molecule has 1 aromatic heterocycles. The molecule has 0 aromatic carbocycles. The molecule has 0 bridgehead atoms. The minimum absolute atomic E-state index is 0.356. The Morgan fingerprint density at radius 3 is 2.55 bits per heavy atom. The number of aryl methyl sites for hydroxylation is 1. The molecule has 0 spiro atoms. The summed E-state index contributed by atoms with van der Waals surface area (Å²) >= 11 is 0. The van der Waals surface area contributed by atoms with Crippen LogP contribution < -0.4 is 0 Å². The second-order valence-corrected chi connectivity index (χ2v) is 2.04. The Morgan fingerprint density at radius 1 is 1.55 bits per heavy atom. The second-order valence-electron chi connectivity index (χ2n) is 2.04. The van der Waals surface area contributed by atoms with E-state index in [0.29, 0.717) is 10.5 Å². The molecular formula is C5H5F3N3. The SMILES string of the molecule is Cc1[c]nn(CC(F)(F)F)n1. The maximum absolute atomic E-state index is 11.6. The highest BCUT2D eigenvalue weighted by Crippen LogP contribution is 2.15. The summed E-state index contributed by atoms with van der Waals surface area (Å²) in [6.07, 6.45) is -1.97. The number of hydrogen-bond acceptors (Lipinski definition) is 2. The molecule has 3 nitrogen and oxygen atoms in total. The molecule has 1 rings (SSSR count). The van der Waals surface area contributed by atoms with Gasteiger partial charge in [-0.3, -0.25) is 0 Å². The Kier molecular flexibility index (Phi) is 1.84. The van der Waals surface area contributed by atoms with Crippen LogP contribution in [0.2, 0.25) is 0 Å². The van der Waals surface area contributed by atoms with Crippen LogP contribution in [0.1, 0.15) is 5.69 Å². The lowest BCUT2D eigenvalue weighted by Gasteiger charge is -2.03. The number of nitrogens with zero attached hydrogens (tertiary/aromatic N) is 3. The van der Waals surface area contributed by atoms with Crippen molar-refractivity contribution in [1.82, 2.24) is 15.0 Å². The fourth-order valence-electron chi connectivity index (χ4n) is 0.579. The van der Waals surface area contributed by atoms with Crippen LogP contribution in [0, 0.1) is 13.1 Å². The van der Waals surface area contributed by atoms with Gasteiger partial charge in [0, 0.05) is 0 Å². The molecule has 6 heteroatoms. The summed E-state index contributed by atoms with van der Waals surface area (Å²) in [5.41, 5.74) is 0.356. The summed E-state index contributed by atoms with van der Waals surface area (Å²) in [4.78, 5) is 0.565. The highest BCUT2D eigenvalue weighted by atomic mass is 19.4. The molecule has 1 heterocycles. The highest BCUT2D eigenvalue weighted by Gasteiger charge is 2.28. The standard InChI is InChI=1S/C5H5F3N3/c1-4-2-9-11(10-4)3-5(6,7)8/h3H2,1H3. The fraction of sp³-hybridized carbons (Fsp3) is 0.600. The third-order valence-corrected chi connectivity index (χ3v) is 0.913. The van der Waals surface area contributed by atoms with Gasteiger partial charge in [-0.25, -0.2) is 0 Å². The van der Waals surface area contributed by atoms with Crippen LogP contribution >= 0.6 is 0 Å². The molecular weight excluding hydrogens is 159 g/mol. The van der Waals surface area contributed by atoms with E-state index in [1.807, 2.05) is 0 Å². The summed E-state index contributed by atoms with van der Waals surface area (Å²) in [5, 5.41) is 6.69. The molecule has 1 radical (unpaired) electrons. The fourth-order valence-corrected chi connectivity index (χ4v) is 0.579. The van der Waals surface area contributed by atoms with Gasteiger partial charge in [-0.1, -0.05) is 0 Å². The van der Waals surface area contributed by atoms with Gasteiger partial charge in [0.05, 0.1) is 5.69 Å². The molecule has 0 amide bonds. The van der Waals surface area contributed by atoms with Gasteiger partial charge < -0.3 is 0 Å². The topological polar surface area (TPSA) is 30.7 Å². The van der Waals surface area contributed by atoms with Crippen molar-refractivity contribution in [2.45, 2.75) is 19.6 Å². The first kappa shape index (κ1) is 8.03. The van der Waals surface area contributed by atoms with Crippen molar-refractivity contribution in [3.63, 3.8) is 0 Å². The van der Waals surface area contributed by atoms with E-state index in [4.69, 9.17) is 0 Å². The molecule has 11 heavy (non-hydrogen) atoms. The first-order valence-corrected chi connectivity index (χ1v) is 2.83. The number of halogens is 3. The molecule has 0 aliphatic rings. The number of hydrogen-bond donors (Lipinski definition) is 0. The highest BCUT2D eigenvalue weighted by molar-refractivity contribution is 4.82. The van der Waals surface area contributed by atoms with Crippen LogP contribution in [0.15, 0.2) is 0 Å². The van der Waals surface area contributed by atoms with Crippen LogP contribution in [-0.2, 0) is 6.54 Å². The lowest BCUT2D eigenvalue weighted by molar-refractivity contribution is -0.144. The summed E-state index contributed by atoms with van der Waals surface area (Å²) in [7, 11) is 0. The Balaban J connectivity index is 2.65. The van der Waals surface area contributed by atoms with Crippen LogP contribution in [-0.4, -0.2) is 21.2 Å². The van der Waals surface area contributed by atoms with Gasteiger partial charge >= 0.3 is 6.18 Å². The van der Waals surface area contributed by atoms with E-state index in [-0.39, 0.29) is 0 Å². The van der Waals surface area contributed by atoms with Crippen LogP contribution in [0.5, 0.6) is 0 Å². The summed E-state index contributed by atoms with van der Waals surface area (Å²) in [6, 6.07) is 0. The molecule has 0 N–H and O–H groups in total. The first-order valence-electron chi connectivity index (χ1n) is 2.83. The summed E-state index contributed by atoms with van der Waals surface area (Å²) in [6.45, 7) is 0.372. The predicted octanol–water partition coefficient (Wildman–Crippen LogP) is 0.949. The zero-order valence-corrected chi connectivity index (χ0v) is 5.68. The van der Waals surface area contributed by atoms with Gasteiger partial charge in [0.15, 0.2) is 6.54 Å². The number of rotatable bonds is 1. The minimum atomic E-state index is -4.26. The quantitative estimate of drug-likeness (QED) is 0.618. The average molecular weight is 164 g/mol. The van der Waals surface area contributed by atoms with E-state index in [1.54, 1.807) is 0 Å². The normalized spacial score (nSPS) is 12.0. The predicted molar refractivity (Wildman–Crippen MR) is 29.6 cm³/mol. The lowest BCUT2D eigenvalue weighted by atomic mass is 10.6. The zero-order valence-electron chi connectivity index (χ0n) is 5.68. The van der Waals surface area contributed by atoms with Crippen LogP contribution in [0.4, 0.5) is 13.2 Å². The monoisotopic (exact) mass is 164 g/mol. The molecule has 0 saturated carbocycles. The van der Waals surface area contributed by atoms with Gasteiger partial charge in [-0.05, 0) is 6.92 Å². The molecule has 61 valence electrons. The van der Waals surface area contributed by atoms with Crippen molar-refractivity contribution in [2.75, 3.05) is 0 Å². The Hall–Kier alpha value is -1.07. The molecule has 0 atom stereocenters. The van der Waals surface area contributed by atoms with Gasteiger partial charge in [-0.15, -0.1) is 0 Å². The van der Waals surface area contributed by atoms with Crippen LogP contribution in [0.3, 0.4) is 0 Å². The van der Waals surface area contributed by atoms with Crippen molar-refractivity contribution in [2.24, 2.45) is 0 Å². The largest absolute Gasteiger partial charge is 0.409 e. The van der Waals surface area contributed by atoms with E-state index in [0.717, 1.165) is 0 Å².